The van der Waals surface area contributed by atoms with Gasteiger partial charge in [-0.25, -0.2) is 14.6 Å². The molecule has 2 aliphatic carbocycles. The molecule has 8 nitrogen and oxygen atoms in total. The smallest absolute Gasteiger partial charge is 0.346 e. The van der Waals surface area contributed by atoms with Crippen LogP contribution in [0.3, 0.4) is 0 Å². The van der Waals surface area contributed by atoms with Crippen molar-refractivity contribution in [1.82, 2.24) is 9.97 Å². The number of nitrogens with one attached hydrogen (secondary N) is 2. The number of anilines is 1. The Kier molecular flexibility index (Phi) is 6.02. The van der Waals surface area contributed by atoms with Crippen molar-refractivity contribution in [1.29, 1.82) is 0 Å². The predicted octanol–water partition coefficient (Wildman–Crippen LogP) is 2.17. The van der Waals surface area contributed by atoms with Gasteiger partial charge in [0.15, 0.2) is 0 Å². The van der Waals surface area contributed by atoms with E-state index in [4.69, 9.17) is 4.74 Å². The molecule has 4 N–H and O–H groups in total. The van der Waals surface area contributed by atoms with Crippen LogP contribution in [0.2, 0.25) is 0 Å². The van der Waals surface area contributed by atoms with Crippen LogP contribution in [0.15, 0.2) is 40.9 Å². The van der Waals surface area contributed by atoms with E-state index in [-0.39, 0.29) is 42.5 Å². The fourth-order valence-electron chi connectivity index (χ4n) is 6.43. The molecule has 3 unspecified atom stereocenters. The highest BCUT2D eigenvalue weighted by atomic mass is 16.5. The second-order valence-electron chi connectivity index (χ2n) is 10.0. The minimum absolute atomic E-state index is 0.0645. The maximum absolute atomic E-state index is 12.4. The second kappa shape index (κ2) is 8.48. The van der Waals surface area contributed by atoms with Gasteiger partial charge in [-0.15, -0.1) is 0 Å². The first-order valence-corrected chi connectivity index (χ1v) is 11.3. The van der Waals surface area contributed by atoms with Gasteiger partial charge in [0, 0.05) is 11.6 Å². The van der Waals surface area contributed by atoms with E-state index in [1.54, 1.807) is 12.1 Å². The van der Waals surface area contributed by atoms with Gasteiger partial charge in [-0.05, 0) is 61.5 Å². The quantitative estimate of drug-likeness (QED) is 0.392. The lowest BCUT2D eigenvalue weighted by Crippen LogP contribution is -2.58. The number of aromatic amines is 1. The van der Waals surface area contributed by atoms with Crippen LogP contribution in [-0.4, -0.2) is 51.5 Å². The summed E-state index contributed by atoms with van der Waals surface area (Å²) in [6, 6.07) is 1.28. The lowest BCUT2D eigenvalue weighted by atomic mass is 9.46. The first-order valence-electron chi connectivity index (χ1n) is 11.3. The standard InChI is InChI=1S/C24H33N3O5/c1-14-4-5-18-23(2,9-6-19(29)24(18,3)13-28)16(14)12-17(15-8-11-32-21(15)30)26-20-7-10-25-22(31)27-20/h7-8,10,16-19,28-29H,1,4-6,9,11-13H2,2-3H3,(H2,25,26,27,31)/t16-,17?,18?,19?,23+,24-/m0/s1. The number of aliphatic hydroxyl groups excluding tert-OH is 2. The van der Waals surface area contributed by atoms with Crippen molar-refractivity contribution in [2.24, 2.45) is 22.7 Å². The summed E-state index contributed by atoms with van der Waals surface area (Å²) >= 11 is 0. The Morgan fingerprint density at radius 2 is 2.16 bits per heavy atom. The largest absolute Gasteiger partial charge is 0.458 e. The van der Waals surface area contributed by atoms with Crippen molar-refractivity contribution < 1.29 is 19.7 Å². The number of hydrogen-bond donors (Lipinski definition) is 4. The maximum atomic E-state index is 12.4. The third-order valence-electron chi connectivity index (χ3n) is 8.30. The number of allylic oxidation sites excluding steroid dienone is 1. The van der Waals surface area contributed by atoms with Gasteiger partial charge in [-0.1, -0.05) is 26.0 Å². The van der Waals surface area contributed by atoms with Crippen LogP contribution in [-0.2, 0) is 9.53 Å². The van der Waals surface area contributed by atoms with Crippen LogP contribution in [0.25, 0.3) is 0 Å². The molecule has 2 saturated carbocycles. The molecule has 0 saturated heterocycles. The molecule has 2 heterocycles. The van der Waals surface area contributed by atoms with Crippen molar-refractivity contribution in [3.8, 4) is 0 Å². The molecule has 8 heteroatoms. The highest BCUT2D eigenvalue weighted by molar-refractivity contribution is 5.92. The minimum atomic E-state index is -0.573. The molecule has 2 fully saturated rings. The van der Waals surface area contributed by atoms with Crippen LogP contribution in [0, 0.1) is 22.7 Å². The monoisotopic (exact) mass is 443 g/mol. The van der Waals surface area contributed by atoms with Crippen LogP contribution < -0.4 is 11.0 Å². The van der Waals surface area contributed by atoms with Crippen LogP contribution in [0.5, 0.6) is 0 Å². The molecule has 4 rings (SSSR count). The third kappa shape index (κ3) is 3.79. The molecule has 1 aliphatic heterocycles. The average Bonchev–Trinajstić information content (AvgIpc) is 3.19. The van der Waals surface area contributed by atoms with Crippen LogP contribution in [0.4, 0.5) is 5.82 Å². The number of cyclic esters (lactones) is 1. The molecule has 1 aromatic heterocycles. The molecule has 174 valence electrons. The molecule has 6 atom stereocenters. The summed E-state index contributed by atoms with van der Waals surface area (Å²) in [5.74, 6) is 0.324. The molecule has 0 bridgehead atoms. The predicted molar refractivity (Wildman–Crippen MR) is 120 cm³/mol. The summed E-state index contributed by atoms with van der Waals surface area (Å²) in [6.07, 6.45) is 6.39. The summed E-state index contributed by atoms with van der Waals surface area (Å²) in [5.41, 5.74) is 0.451. The number of rotatable bonds is 6. The number of aromatic nitrogens is 2. The lowest BCUT2D eigenvalue weighted by Gasteiger charge is -2.60. The highest BCUT2D eigenvalue weighted by Gasteiger charge is 2.58. The van der Waals surface area contributed by atoms with Gasteiger partial charge in [0.2, 0.25) is 0 Å². The number of carbonyl (C=O) groups excluding carboxylic acids is 1. The van der Waals surface area contributed by atoms with Crippen molar-refractivity contribution in [3.63, 3.8) is 0 Å². The Morgan fingerprint density at radius 3 is 2.81 bits per heavy atom. The van der Waals surface area contributed by atoms with Gasteiger partial charge >= 0.3 is 11.7 Å². The van der Waals surface area contributed by atoms with E-state index in [2.05, 4.69) is 28.8 Å². The van der Waals surface area contributed by atoms with E-state index in [0.29, 0.717) is 24.2 Å². The Morgan fingerprint density at radius 1 is 1.38 bits per heavy atom. The van der Waals surface area contributed by atoms with E-state index >= 15 is 0 Å². The van der Waals surface area contributed by atoms with Gasteiger partial charge in [0.05, 0.1) is 24.3 Å². The molecule has 0 spiro atoms. The normalized spacial score (nSPS) is 35.6. The molecule has 3 aliphatic rings. The van der Waals surface area contributed by atoms with E-state index in [0.717, 1.165) is 24.8 Å². The zero-order chi connectivity index (χ0) is 23.1. The number of nitrogens with zero attached hydrogens (tertiary/aromatic N) is 1. The Labute approximate surface area is 187 Å². The zero-order valence-corrected chi connectivity index (χ0v) is 18.8. The van der Waals surface area contributed by atoms with Gasteiger partial charge in [0.25, 0.3) is 0 Å². The van der Waals surface area contributed by atoms with E-state index in [1.165, 1.54) is 6.20 Å². The molecule has 0 radical (unpaired) electrons. The molecule has 0 amide bonds. The summed E-state index contributed by atoms with van der Waals surface area (Å²) < 4.78 is 5.18. The first kappa shape index (κ1) is 22.7. The van der Waals surface area contributed by atoms with Gasteiger partial charge < -0.3 is 20.3 Å². The van der Waals surface area contributed by atoms with Crippen molar-refractivity contribution in [2.45, 2.75) is 58.1 Å². The molecule has 0 aromatic carbocycles. The number of esters is 1. The number of ether oxygens (including phenoxy) is 1. The summed E-state index contributed by atoms with van der Waals surface area (Å²) in [4.78, 5) is 30.5. The van der Waals surface area contributed by atoms with Crippen molar-refractivity contribution in [2.75, 3.05) is 18.5 Å². The van der Waals surface area contributed by atoms with Crippen molar-refractivity contribution >= 4 is 11.8 Å². The molecule has 1 aromatic rings. The molecular weight excluding hydrogens is 410 g/mol. The van der Waals surface area contributed by atoms with Crippen LogP contribution >= 0.6 is 0 Å². The Hall–Kier alpha value is -2.45. The lowest BCUT2D eigenvalue weighted by molar-refractivity contribution is -0.152. The molecular formula is C24H33N3O5. The SMILES string of the molecule is C=C1CCC2[C@](C)(CO)C(O)CC[C@]2(C)[C@H]1CC(Nc1ccnc(=O)[nH]1)C1=CCOC1=O. The number of H-pyrrole nitrogens is 1. The van der Waals surface area contributed by atoms with Gasteiger partial charge in [0.1, 0.15) is 12.4 Å². The third-order valence-corrected chi connectivity index (χ3v) is 8.30. The maximum Gasteiger partial charge on any atom is 0.346 e. The zero-order valence-electron chi connectivity index (χ0n) is 18.8. The first-order chi connectivity index (χ1) is 15.2. The second-order valence-corrected chi connectivity index (χ2v) is 10.0. The topological polar surface area (TPSA) is 125 Å². The average molecular weight is 444 g/mol. The number of hydrogen-bond acceptors (Lipinski definition) is 7. The van der Waals surface area contributed by atoms with Crippen molar-refractivity contribution in [3.05, 3.63) is 46.5 Å². The Balaban J connectivity index is 1.68. The van der Waals surface area contributed by atoms with E-state index < -0.39 is 17.2 Å². The number of aliphatic hydroxyl groups is 2. The fourth-order valence-corrected chi connectivity index (χ4v) is 6.43. The minimum Gasteiger partial charge on any atom is -0.458 e. The van der Waals surface area contributed by atoms with Gasteiger partial charge in [-0.3, -0.25) is 4.98 Å². The molecule has 32 heavy (non-hydrogen) atoms. The highest BCUT2D eigenvalue weighted by Crippen LogP contribution is 2.62. The summed E-state index contributed by atoms with van der Waals surface area (Å²) in [7, 11) is 0. The summed E-state index contributed by atoms with van der Waals surface area (Å²) in [6.45, 7) is 8.78. The fraction of sp³-hybridized carbons (Fsp3) is 0.625. The van der Waals surface area contributed by atoms with Crippen LogP contribution in [0.1, 0.15) is 46.0 Å². The van der Waals surface area contributed by atoms with Gasteiger partial charge in [-0.2, -0.15) is 0 Å². The number of fused-ring (bicyclic) bond motifs is 1. The van der Waals surface area contributed by atoms with E-state index in [9.17, 15) is 19.8 Å². The number of carbonyl (C=O) groups is 1. The van der Waals surface area contributed by atoms with E-state index in [1.807, 2.05) is 6.92 Å². The summed E-state index contributed by atoms with van der Waals surface area (Å²) in [5, 5.41) is 24.3. The Bertz CT molecular complexity index is 988.